The molecule has 0 N–H and O–H groups in total. The zero-order chi connectivity index (χ0) is 11.2. The Morgan fingerprint density at radius 3 is 3.06 bits per heavy atom. The van der Waals surface area contributed by atoms with Gasteiger partial charge in [0.2, 0.25) is 0 Å². The third kappa shape index (κ3) is 3.80. The Hall–Kier alpha value is -1.12. The first-order valence-electron chi connectivity index (χ1n) is 5.79. The SMILES string of the molecule is C=Cc1cccc(CCOCCC2CO2)c1. The minimum Gasteiger partial charge on any atom is -0.381 e. The van der Waals surface area contributed by atoms with Crippen LogP contribution in [0.4, 0.5) is 0 Å². The van der Waals surface area contributed by atoms with E-state index in [0.717, 1.165) is 32.7 Å². The molecule has 0 bridgehead atoms. The van der Waals surface area contributed by atoms with Crippen LogP contribution >= 0.6 is 0 Å². The van der Waals surface area contributed by atoms with Crippen molar-refractivity contribution in [2.45, 2.75) is 18.9 Å². The molecule has 2 nitrogen and oxygen atoms in total. The summed E-state index contributed by atoms with van der Waals surface area (Å²) in [6, 6.07) is 8.40. The molecular weight excluding hydrogens is 200 g/mol. The summed E-state index contributed by atoms with van der Waals surface area (Å²) >= 11 is 0. The smallest absolute Gasteiger partial charge is 0.0831 e. The molecule has 0 amide bonds. The third-order valence-electron chi connectivity index (χ3n) is 2.71. The summed E-state index contributed by atoms with van der Waals surface area (Å²) in [6.45, 7) is 6.28. The maximum Gasteiger partial charge on any atom is 0.0831 e. The van der Waals surface area contributed by atoms with Crippen molar-refractivity contribution in [2.75, 3.05) is 19.8 Å². The Bertz CT molecular complexity index is 342. The van der Waals surface area contributed by atoms with Crippen LogP contribution in [-0.2, 0) is 15.9 Å². The second-order valence-electron chi connectivity index (χ2n) is 4.06. The molecule has 86 valence electrons. The number of hydrogen-bond acceptors (Lipinski definition) is 2. The first kappa shape index (κ1) is 11.4. The van der Waals surface area contributed by atoms with Gasteiger partial charge in [-0.3, -0.25) is 0 Å². The lowest BCUT2D eigenvalue weighted by molar-refractivity contribution is 0.128. The predicted molar refractivity (Wildman–Crippen MR) is 65.4 cm³/mol. The van der Waals surface area contributed by atoms with Crippen LogP contribution in [0.15, 0.2) is 30.8 Å². The molecule has 0 radical (unpaired) electrons. The molecule has 1 atom stereocenters. The van der Waals surface area contributed by atoms with Crippen molar-refractivity contribution >= 4 is 6.08 Å². The molecule has 0 aliphatic carbocycles. The van der Waals surface area contributed by atoms with Gasteiger partial charge in [0.05, 0.1) is 19.3 Å². The summed E-state index contributed by atoms with van der Waals surface area (Å²) < 4.78 is 10.7. The molecule has 16 heavy (non-hydrogen) atoms. The lowest BCUT2D eigenvalue weighted by Crippen LogP contribution is -2.02. The van der Waals surface area contributed by atoms with Crippen LogP contribution in [0.5, 0.6) is 0 Å². The highest BCUT2D eigenvalue weighted by molar-refractivity contribution is 5.47. The van der Waals surface area contributed by atoms with E-state index in [1.165, 1.54) is 11.1 Å². The van der Waals surface area contributed by atoms with Gasteiger partial charge in [0, 0.05) is 6.61 Å². The van der Waals surface area contributed by atoms with Gasteiger partial charge in [0.15, 0.2) is 0 Å². The molecule has 0 saturated carbocycles. The van der Waals surface area contributed by atoms with Crippen molar-refractivity contribution < 1.29 is 9.47 Å². The molecule has 1 heterocycles. The lowest BCUT2D eigenvalue weighted by Gasteiger charge is -2.04. The second kappa shape index (κ2) is 5.83. The lowest BCUT2D eigenvalue weighted by atomic mass is 10.1. The molecule has 1 aliphatic heterocycles. The van der Waals surface area contributed by atoms with Crippen molar-refractivity contribution in [3.8, 4) is 0 Å². The van der Waals surface area contributed by atoms with E-state index in [-0.39, 0.29) is 0 Å². The van der Waals surface area contributed by atoms with Crippen LogP contribution < -0.4 is 0 Å². The Balaban J connectivity index is 1.65. The van der Waals surface area contributed by atoms with E-state index in [1.54, 1.807) is 0 Å². The molecule has 1 aliphatic rings. The van der Waals surface area contributed by atoms with Crippen LogP contribution in [0, 0.1) is 0 Å². The summed E-state index contributed by atoms with van der Waals surface area (Å²) in [5, 5.41) is 0. The molecule has 1 fully saturated rings. The van der Waals surface area contributed by atoms with E-state index in [0.29, 0.717) is 6.10 Å². The van der Waals surface area contributed by atoms with Gasteiger partial charge in [0.25, 0.3) is 0 Å². The number of hydrogen-bond donors (Lipinski definition) is 0. The highest BCUT2D eigenvalue weighted by Crippen LogP contribution is 2.13. The molecule has 2 heteroatoms. The monoisotopic (exact) mass is 218 g/mol. The first-order valence-corrected chi connectivity index (χ1v) is 5.79. The van der Waals surface area contributed by atoms with Crippen molar-refractivity contribution in [1.29, 1.82) is 0 Å². The van der Waals surface area contributed by atoms with Gasteiger partial charge in [-0.15, -0.1) is 0 Å². The minimum atomic E-state index is 0.476. The van der Waals surface area contributed by atoms with Crippen LogP contribution in [0.2, 0.25) is 0 Å². The standard InChI is InChI=1S/C14H18O2/c1-2-12-4-3-5-13(10-12)6-8-15-9-7-14-11-16-14/h2-5,10,14H,1,6-9,11H2. The van der Waals surface area contributed by atoms with Crippen molar-refractivity contribution in [3.05, 3.63) is 42.0 Å². The van der Waals surface area contributed by atoms with Gasteiger partial charge >= 0.3 is 0 Å². The Morgan fingerprint density at radius 2 is 2.31 bits per heavy atom. The van der Waals surface area contributed by atoms with Crippen molar-refractivity contribution in [1.82, 2.24) is 0 Å². The van der Waals surface area contributed by atoms with E-state index in [9.17, 15) is 0 Å². The van der Waals surface area contributed by atoms with E-state index in [1.807, 2.05) is 6.08 Å². The van der Waals surface area contributed by atoms with Gasteiger partial charge in [-0.05, 0) is 24.0 Å². The summed E-state index contributed by atoms with van der Waals surface area (Å²) in [4.78, 5) is 0. The van der Waals surface area contributed by atoms with E-state index >= 15 is 0 Å². The van der Waals surface area contributed by atoms with Crippen LogP contribution in [0.1, 0.15) is 17.5 Å². The Morgan fingerprint density at radius 1 is 1.44 bits per heavy atom. The Labute approximate surface area is 96.9 Å². The molecular formula is C14H18O2. The normalized spacial score (nSPS) is 18.4. The topological polar surface area (TPSA) is 21.8 Å². The molecule has 2 rings (SSSR count). The third-order valence-corrected chi connectivity index (χ3v) is 2.71. The summed E-state index contributed by atoms with van der Waals surface area (Å²) in [6.07, 6.45) is 4.35. The summed E-state index contributed by atoms with van der Waals surface area (Å²) in [5.74, 6) is 0. The molecule has 0 spiro atoms. The maximum absolute atomic E-state index is 5.56. The van der Waals surface area contributed by atoms with Gasteiger partial charge in [-0.1, -0.05) is 36.9 Å². The first-order chi connectivity index (χ1) is 7.88. The van der Waals surface area contributed by atoms with E-state index in [4.69, 9.17) is 9.47 Å². The zero-order valence-corrected chi connectivity index (χ0v) is 9.52. The molecule has 1 saturated heterocycles. The van der Waals surface area contributed by atoms with Gasteiger partial charge < -0.3 is 9.47 Å². The van der Waals surface area contributed by atoms with Crippen LogP contribution in [-0.4, -0.2) is 25.9 Å². The van der Waals surface area contributed by atoms with E-state index in [2.05, 4.69) is 30.8 Å². The number of ether oxygens (including phenoxy) is 2. The van der Waals surface area contributed by atoms with Crippen LogP contribution in [0.25, 0.3) is 6.08 Å². The van der Waals surface area contributed by atoms with Gasteiger partial charge in [-0.2, -0.15) is 0 Å². The van der Waals surface area contributed by atoms with Gasteiger partial charge in [-0.25, -0.2) is 0 Å². The summed E-state index contributed by atoms with van der Waals surface area (Å²) in [5.41, 5.74) is 2.48. The fraction of sp³-hybridized carbons (Fsp3) is 0.429. The fourth-order valence-electron chi connectivity index (χ4n) is 1.62. The zero-order valence-electron chi connectivity index (χ0n) is 9.52. The van der Waals surface area contributed by atoms with Crippen molar-refractivity contribution in [2.24, 2.45) is 0 Å². The highest BCUT2D eigenvalue weighted by Gasteiger charge is 2.21. The average Bonchev–Trinajstić information content (AvgIpc) is 3.13. The van der Waals surface area contributed by atoms with Crippen LogP contribution in [0.3, 0.4) is 0 Å². The maximum atomic E-state index is 5.56. The number of rotatable bonds is 7. The molecule has 1 aromatic rings. The fourth-order valence-corrected chi connectivity index (χ4v) is 1.62. The quantitative estimate of drug-likeness (QED) is 0.518. The van der Waals surface area contributed by atoms with Crippen molar-refractivity contribution in [3.63, 3.8) is 0 Å². The Kier molecular flexibility index (Phi) is 4.14. The number of benzene rings is 1. The minimum absolute atomic E-state index is 0.476. The highest BCUT2D eigenvalue weighted by atomic mass is 16.6. The number of epoxide rings is 1. The van der Waals surface area contributed by atoms with Gasteiger partial charge in [0.1, 0.15) is 0 Å². The van der Waals surface area contributed by atoms with E-state index < -0.39 is 0 Å². The molecule has 1 unspecified atom stereocenters. The predicted octanol–water partition coefficient (Wildman–Crippen LogP) is 2.68. The largest absolute Gasteiger partial charge is 0.381 e. The molecule has 1 aromatic carbocycles. The summed E-state index contributed by atoms with van der Waals surface area (Å²) in [7, 11) is 0. The molecule has 0 aromatic heterocycles. The second-order valence-corrected chi connectivity index (χ2v) is 4.06. The average molecular weight is 218 g/mol.